The molecule has 0 bridgehead atoms. The molecular formula is C13H26N4. The van der Waals surface area contributed by atoms with Crippen molar-refractivity contribution in [3.8, 4) is 0 Å². The van der Waals surface area contributed by atoms with Gasteiger partial charge in [-0.1, -0.05) is 44.7 Å². The lowest BCUT2D eigenvalue weighted by Crippen LogP contribution is -2.10. The Morgan fingerprint density at radius 1 is 1.12 bits per heavy atom. The van der Waals surface area contributed by atoms with Gasteiger partial charge in [-0.3, -0.25) is 0 Å². The van der Waals surface area contributed by atoms with E-state index in [2.05, 4.69) is 34.2 Å². The number of nitrogens with one attached hydrogen (secondary N) is 1. The number of aryl methyl sites for hydroxylation is 1. The minimum absolute atomic E-state index is 0.824. The van der Waals surface area contributed by atoms with E-state index >= 15 is 0 Å². The standard InChI is InChI=1S/C13H26N4/c1-4-6-7-8-10-17-13(9-5-2)12(11-14-3)15-16-17/h14H,4-11H2,1-3H3. The van der Waals surface area contributed by atoms with Crippen molar-refractivity contribution < 1.29 is 0 Å². The van der Waals surface area contributed by atoms with Crippen LogP contribution in [0.2, 0.25) is 0 Å². The van der Waals surface area contributed by atoms with Crippen molar-refractivity contribution in [2.45, 2.75) is 65.5 Å². The first kappa shape index (κ1) is 14.2. The molecule has 0 saturated heterocycles. The summed E-state index contributed by atoms with van der Waals surface area (Å²) in [5, 5.41) is 11.7. The predicted octanol–water partition coefficient (Wildman–Crippen LogP) is 2.53. The molecule has 4 nitrogen and oxygen atoms in total. The highest BCUT2D eigenvalue weighted by atomic mass is 15.4. The molecule has 1 rings (SSSR count). The topological polar surface area (TPSA) is 42.7 Å². The van der Waals surface area contributed by atoms with Crippen LogP contribution in [0.25, 0.3) is 0 Å². The van der Waals surface area contributed by atoms with E-state index in [1.807, 2.05) is 7.05 Å². The molecule has 0 radical (unpaired) electrons. The molecule has 0 atom stereocenters. The van der Waals surface area contributed by atoms with Crippen molar-refractivity contribution in [1.29, 1.82) is 0 Å². The zero-order valence-corrected chi connectivity index (χ0v) is 11.5. The molecule has 1 aromatic heterocycles. The van der Waals surface area contributed by atoms with Crippen molar-refractivity contribution in [2.24, 2.45) is 0 Å². The molecular weight excluding hydrogens is 212 g/mol. The summed E-state index contributed by atoms with van der Waals surface area (Å²) in [6.07, 6.45) is 7.35. The van der Waals surface area contributed by atoms with Crippen LogP contribution in [0.15, 0.2) is 0 Å². The van der Waals surface area contributed by atoms with Crippen LogP contribution in [0, 0.1) is 0 Å². The maximum Gasteiger partial charge on any atom is 0.0996 e. The first-order valence-electron chi connectivity index (χ1n) is 6.89. The fraction of sp³-hybridized carbons (Fsp3) is 0.846. The number of hydrogen-bond donors (Lipinski definition) is 1. The molecule has 0 spiro atoms. The molecule has 0 unspecified atom stereocenters. The summed E-state index contributed by atoms with van der Waals surface area (Å²) in [4.78, 5) is 0. The van der Waals surface area contributed by atoms with Crippen molar-refractivity contribution in [1.82, 2.24) is 20.3 Å². The highest BCUT2D eigenvalue weighted by molar-refractivity contribution is 5.10. The quantitative estimate of drug-likeness (QED) is 0.672. The Morgan fingerprint density at radius 2 is 1.94 bits per heavy atom. The Balaban J connectivity index is 2.56. The summed E-state index contributed by atoms with van der Waals surface area (Å²) in [6.45, 7) is 6.29. The van der Waals surface area contributed by atoms with Crippen molar-refractivity contribution in [2.75, 3.05) is 7.05 Å². The van der Waals surface area contributed by atoms with Gasteiger partial charge < -0.3 is 5.32 Å². The van der Waals surface area contributed by atoms with Gasteiger partial charge in [0.25, 0.3) is 0 Å². The predicted molar refractivity (Wildman–Crippen MR) is 70.9 cm³/mol. The Hall–Kier alpha value is -0.900. The minimum atomic E-state index is 0.824. The summed E-state index contributed by atoms with van der Waals surface area (Å²) in [5.41, 5.74) is 2.43. The zero-order valence-electron chi connectivity index (χ0n) is 11.5. The van der Waals surface area contributed by atoms with E-state index in [-0.39, 0.29) is 0 Å². The lowest BCUT2D eigenvalue weighted by Gasteiger charge is -2.06. The van der Waals surface area contributed by atoms with E-state index in [0.717, 1.165) is 31.6 Å². The second-order valence-electron chi connectivity index (χ2n) is 4.55. The Bertz CT molecular complexity index is 306. The van der Waals surface area contributed by atoms with E-state index < -0.39 is 0 Å². The van der Waals surface area contributed by atoms with Crippen molar-refractivity contribution >= 4 is 0 Å². The van der Waals surface area contributed by atoms with Crippen LogP contribution in [-0.4, -0.2) is 22.0 Å². The van der Waals surface area contributed by atoms with Gasteiger partial charge in [0.05, 0.1) is 11.4 Å². The second kappa shape index (κ2) is 8.23. The highest BCUT2D eigenvalue weighted by Crippen LogP contribution is 2.10. The molecule has 0 aromatic carbocycles. The first-order chi connectivity index (χ1) is 8.33. The molecule has 0 amide bonds. The van der Waals surface area contributed by atoms with Crippen molar-refractivity contribution in [3.05, 3.63) is 11.4 Å². The first-order valence-corrected chi connectivity index (χ1v) is 6.89. The average Bonchev–Trinajstić information content (AvgIpc) is 2.69. The largest absolute Gasteiger partial charge is 0.314 e. The average molecular weight is 238 g/mol. The van der Waals surface area contributed by atoms with Crippen LogP contribution in [0.1, 0.15) is 57.3 Å². The number of rotatable bonds is 9. The highest BCUT2D eigenvalue weighted by Gasteiger charge is 2.10. The van der Waals surface area contributed by atoms with E-state index in [1.54, 1.807) is 0 Å². The molecule has 17 heavy (non-hydrogen) atoms. The van der Waals surface area contributed by atoms with Crippen LogP contribution < -0.4 is 5.32 Å². The molecule has 4 heteroatoms. The maximum atomic E-state index is 4.28. The Morgan fingerprint density at radius 3 is 2.59 bits per heavy atom. The molecule has 1 N–H and O–H groups in total. The number of nitrogens with zero attached hydrogens (tertiary/aromatic N) is 3. The van der Waals surface area contributed by atoms with Gasteiger partial charge in [0, 0.05) is 13.1 Å². The third-order valence-electron chi connectivity index (χ3n) is 2.97. The van der Waals surface area contributed by atoms with Gasteiger partial charge >= 0.3 is 0 Å². The molecule has 0 aliphatic carbocycles. The molecule has 0 aliphatic rings. The summed E-state index contributed by atoms with van der Waals surface area (Å²) >= 11 is 0. The molecule has 0 saturated carbocycles. The zero-order chi connectivity index (χ0) is 12.5. The van der Waals surface area contributed by atoms with Gasteiger partial charge in [-0.15, -0.1) is 5.10 Å². The van der Waals surface area contributed by atoms with E-state index in [4.69, 9.17) is 0 Å². The monoisotopic (exact) mass is 238 g/mol. The van der Waals surface area contributed by atoms with Gasteiger partial charge in [-0.2, -0.15) is 0 Å². The number of aromatic nitrogens is 3. The molecule has 0 aliphatic heterocycles. The second-order valence-corrected chi connectivity index (χ2v) is 4.55. The third kappa shape index (κ3) is 4.46. The van der Waals surface area contributed by atoms with Crippen LogP contribution in [0.4, 0.5) is 0 Å². The summed E-state index contributed by atoms with van der Waals surface area (Å²) in [6, 6.07) is 0. The lowest BCUT2D eigenvalue weighted by atomic mass is 10.2. The Labute approximate surface area is 105 Å². The summed E-state index contributed by atoms with van der Waals surface area (Å²) < 4.78 is 2.10. The van der Waals surface area contributed by atoms with E-state index in [1.165, 1.54) is 31.4 Å². The minimum Gasteiger partial charge on any atom is -0.314 e. The lowest BCUT2D eigenvalue weighted by molar-refractivity contribution is 0.510. The van der Waals surface area contributed by atoms with Gasteiger partial charge in [0.15, 0.2) is 0 Å². The molecule has 1 heterocycles. The maximum absolute atomic E-state index is 4.28. The normalized spacial score (nSPS) is 11.0. The van der Waals surface area contributed by atoms with Gasteiger partial charge in [0.2, 0.25) is 0 Å². The van der Waals surface area contributed by atoms with Crippen molar-refractivity contribution in [3.63, 3.8) is 0 Å². The smallest absolute Gasteiger partial charge is 0.0996 e. The summed E-state index contributed by atoms with van der Waals surface area (Å²) in [5.74, 6) is 0. The molecule has 98 valence electrons. The van der Waals surface area contributed by atoms with Crippen LogP contribution in [0.3, 0.4) is 0 Å². The van der Waals surface area contributed by atoms with Gasteiger partial charge in [-0.05, 0) is 19.9 Å². The Kier molecular flexibility index (Phi) is 6.86. The fourth-order valence-electron chi connectivity index (χ4n) is 2.05. The van der Waals surface area contributed by atoms with E-state index in [0.29, 0.717) is 0 Å². The van der Waals surface area contributed by atoms with E-state index in [9.17, 15) is 0 Å². The summed E-state index contributed by atoms with van der Waals surface area (Å²) in [7, 11) is 1.95. The SMILES string of the molecule is CCCCCCn1nnc(CNC)c1CCC. The molecule has 1 aromatic rings. The molecule has 0 fully saturated rings. The fourth-order valence-corrected chi connectivity index (χ4v) is 2.05. The number of hydrogen-bond acceptors (Lipinski definition) is 3. The third-order valence-corrected chi connectivity index (χ3v) is 2.97. The van der Waals surface area contributed by atoms with Gasteiger partial charge in [-0.25, -0.2) is 4.68 Å². The van der Waals surface area contributed by atoms with Crippen LogP contribution >= 0.6 is 0 Å². The number of unbranched alkanes of at least 4 members (excludes halogenated alkanes) is 3. The van der Waals surface area contributed by atoms with Crippen LogP contribution in [0.5, 0.6) is 0 Å². The van der Waals surface area contributed by atoms with Crippen LogP contribution in [-0.2, 0) is 19.5 Å². The van der Waals surface area contributed by atoms with Gasteiger partial charge in [0.1, 0.15) is 0 Å².